The highest BCUT2D eigenvalue weighted by molar-refractivity contribution is 6.46. The van der Waals surface area contributed by atoms with Crippen LogP contribution >= 0.6 is 0 Å². The van der Waals surface area contributed by atoms with Gasteiger partial charge in [0.2, 0.25) is 0 Å². The van der Waals surface area contributed by atoms with Gasteiger partial charge in [0.15, 0.2) is 0 Å². The van der Waals surface area contributed by atoms with E-state index in [9.17, 15) is 14.7 Å². The van der Waals surface area contributed by atoms with Crippen LogP contribution in [0.15, 0.2) is 48.0 Å². The Balaban J connectivity index is 1.84. The van der Waals surface area contributed by atoms with Crippen molar-refractivity contribution in [3.63, 3.8) is 0 Å². The van der Waals surface area contributed by atoms with Crippen LogP contribution in [0.1, 0.15) is 41.1 Å². The second kappa shape index (κ2) is 8.79. The first-order valence-electron chi connectivity index (χ1n) is 11.0. The molecule has 2 heterocycles. The third-order valence-electron chi connectivity index (χ3n) is 6.34. The number of aliphatic hydroxyl groups is 1. The summed E-state index contributed by atoms with van der Waals surface area (Å²) in [6.07, 6.45) is 1.70. The van der Waals surface area contributed by atoms with E-state index in [-0.39, 0.29) is 17.4 Å². The van der Waals surface area contributed by atoms with Crippen LogP contribution in [-0.4, -0.2) is 55.0 Å². The first-order chi connectivity index (χ1) is 15.3. The summed E-state index contributed by atoms with van der Waals surface area (Å²) in [5.41, 5.74) is 4.34. The molecule has 2 fully saturated rings. The molecule has 6 nitrogen and oxygen atoms in total. The van der Waals surface area contributed by atoms with Crippen LogP contribution < -0.4 is 4.90 Å². The fraction of sp³-hybridized carbons (Fsp3) is 0.385. The Labute approximate surface area is 189 Å². The van der Waals surface area contributed by atoms with Crippen LogP contribution in [0.4, 0.5) is 5.69 Å². The van der Waals surface area contributed by atoms with Gasteiger partial charge in [0.25, 0.3) is 11.7 Å². The predicted octanol–water partition coefficient (Wildman–Crippen LogP) is 3.97. The van der Waals surface area contributed by atoms with Gasteiger partial charge in [-0.2, -0.15) is 0 Å². The number of hydrogen-bond donors (Lipinski definition) is 1. The number of nitrogens with zero attached hydrogens (tertiary/aromatic N) is 2. The number of carbonyl (C=O) groups is 2. The third-order valence-corrected chi connectivity index (χ3v) is 6.34. The van der Waals surface area contributed by atoms with Crippen molar-refractivity contribution in [2.24, 2.45) is 0 Å². The number of benzene rings is 2. The van der Waals surface area contributed by atoms with Crippen LogP contribution in [0.25, 0.3) is 5.76 Å². The van der Waals surface area contributed by atoms with E-state index >= 15 is 0 Å². The number of ketones is 1. The summed E-state index contributed by atoms with van der Waals surface area (Å²) >= 11 is 0. The van der Waals surface area contributed by atoms with Gasteiger partial charge in [-0.3, -0.25) is 9.59 Å². The minimum atomic E-state index is -0.657. The molecule has 4 rings (SSSR count). The fourth-order valence-electron chi connectivity index (χ4n) is 4.51. The Kier molecular flexibility index (Phi) is 6.07. The largest absolute Gasteiger partial charge is 0.507 e. The fourth-order valence-corrected chi connectivity index (χ4v) is 4.51. The molecule has 1 N–H and O–H groups in total. The average Bonchev–Trinajstić information content (AvgIpc) is 3.37. The van der Waals surface area contributed by atoms with Gasteiger partial charge in [0, 0.05) is 38.5 Å². The third kappa shape index (κ3) is 4.02. The molecule has 2 aliphatic rings. The van der Waals surface area contributed by atoms with Crippen LogP contribution in [0, 0.1) is 13.8 Å². The minimum absolute atomic E-state index is 0.0995. The Morgan fingerprint density at radius 3 is 2.47 bits per heavy atom. The van der Waals surface area contributed by atoms with Gasteiger partial charge in [-0.1, -0.05) is 29.8 Å². The first kappa shape index (κ1) is 22.1. The maximum absolute atomic E-state index is 13.2. The lowest BCUT2D eigenvalue weighted by atomic mass is 9.93. The Hall–Kier alpha value is -3.12. The number of ether oxygens (including phenoxy) is 1. The number of likely N-dealkylation sites (tertiary alicyclic amines) is 1. The van der Waals surface area contributed by atoms with Gasteiger partial charge < -0.3 is 19.6 Å². The molecule has 2 atom stereocenters. The molecule has 168 valence electrons. The molecule has 0 radical (unpaired) electrons. The highest BCUT2D eigenvalue weighted by Crippen LogP contribution is 2.41. The molecule has 2 saturated heterocycles. The number of carbonyl (C=O) groups excluding carboxylic acids is 2. The van der Waals surface area contributed by atoms with Gasteiger partial charge in [0.05, 0.1) is 17.7 Å². The predicted molar refractivity (Wildman–Crippen MR) is 125 cm³/mol. The molecule has 2 aliphatic heterocycles. The maximum Gasteiger partial charge on any atom is 0.295 e. The number of Topliss-reactive ketones (excluding diaryl/α,β-unsaturated/α-hetero) is 1. The zero-order chi connectivity index (χ0) is 23.0. The SMILES string of the molecule is Cc1ccc(C)c(/C(O)=C2\C(=O)C(=O)N(CC3CCCO3)C2c2ccc(N(C)C)cc2)c1. The second-order valence-corrected chi connectivity index (χ2v) is 8.89. The summed E-state index contributed by atoms with van der Waals surface area (Å²) in [5, 5.41) is 11.3. The van der Waals surface area contributed by atoms with Crippen molar-refractivity contribution in [2.45, 2.75) is 38.8 Å². The number of hydrogen-bond acceptors (Lipinski definition) is 5. The van der Waals surface area contributed by atoms with Crippen molar-refractivity contribution in [3.05, 3.63) is 70.3 Å². The standard InChI is InChI=1S/C26H30N2O4/c1-16-7-8-17(2)21(14-16)24(29)22-23(18-9-11-19(12-10-18)27(3)4)28(26(31)25(22)30)15-20-6-5-13-32-20/h7-12,14,20,23,29H,5-6,13,15H2,1-4H3/b24-22+. The van der Waals surface area contributed by atoms with Gasteiger partial charge in [-0.25, -0.2) is 0 Å². The second-order valence-electron chi connectivity index (χ2n) is 8.89. The molecule has 32 heavy (non-hydrogen) atoms. The van der Waals surface area contributed by atoms with E-state index in [0.717, 1.165) is 35.2 Å². The van der Waals surface area contributed by atoms with Crippen molar-refractivity contribution in [1.82, 2.24) is 4.90 Å². The quantitative estimate of drug-likeness (QED) is 0.438. The molecule has 1 amide bonds. The van der Waals surface area contributed by atoms with Crippen molar-refractivity contribution >= 4 is 23.1 Å². The summed E-state index contributed by atoms with van der Waals surface area (Å²) in [6.45, 7) is 4.81. The molecule has 2 unspecified atom stereocenters. The number of amides is 1. The molecule has 0 bridgehead atoms. The number of rotatable bonds is 5. The number of aryl methyl sites for hydroxylation is 2. The Morgan fingerprint density at radius 2 is 1.84 bits per heavy atom. The minimum Gasteiger partial charge on any atom is -0.507 e. The molecular weight excluding hydrogens is 404 g/mol. The normalized spacial score (nSPS) is 22.6. The topological polar surface area (TPSA) is 70.1 Å². The van der Waals surface area contributed by atoms with Crippen LogP contribution in [0.5, 0.6) is 0 Å². The number of aliphatic hydroxyl groups excluding tert-OH is 1. The van der Waals surface area contributed by atoms with Gasteiger partial charge in [-0.05, 0) is 56.0 Å². The summed E-state index contributed by atoms with van der Waals surface area (Å²) in [7, 11) is 3.91. The lowest BCUT2D eigenvalue weighted by molar-refractivity contribution is -0.140. The monoisotopic (exact) mass is 434 g/mol. The van der Waals surface area contributed by atoms with Crippen molar-refractivity contribution in [3.8, 4) is 0 Å². The average molecular weight is 435 g/mol. The van der Waals surface area contributed by atoms with Crippen LogP contribution in [0.2, 0.25) is 0 Å². The highest BCUT2D eigenvalue weighted by atomic mass is 16.5. The maximum atomic E-state index is 13.2. The van der Waals surface area contributed by atoms with Gasteiger partial charge >= 0.3 is 0 Å². The van der Waals surface area contributed by atoms with Gasteiger partial charge in [-0.15, -0.1) is 0 Å². The molecule has 6 heteroatoms. The Morgan fingerprint density at radius 1 is 1.12 bits per heavy atom. The van der Waals surface area contributed by atoms with Crippen molar-refractivity contribution < 1.29 is 19.4 Å². The van der Waals surface area contributed by atoms with Crippen LogP contribution in [0.3, 0.4) is 0 Å². The molecule has 0 aliphatic carbocycles. The summed E-state index contributed by atoms with van der Waals surface area (Å²) in [4.78, 5) is 29.9. The van der Waals surface area contributed by atoms with E-state index in [2.05, 4.69) is 0 Å². The van der Waals surface area contributed by atoms with E-state index in [1.807, 2.05) is 75.3 Å². The summed E-state index contributed by atoms with van der Waals surface area (Å²) in [5.74, 6) is -1.36. The van der Waals surface area contributed by atoms with E-state index in [0.29, 0.717) is 18.7 Å². The van der Waals surface area contributed by atoms with E-state index in [1.54, 1.807) is 4.90 Å². The highest BCUT2D eigenvalue weighted by Gasteiger charge is 2.47. The van der Waals surface area contributed by atoms with E-state index in [1.165, 1.54) is 0 Å². The molecule has 2 aromatic carbocycles. The summed E-state index contributed by atoms with van der Waals surface area (Å²) in [6, 6.07) is 12.8. The lowest BCUT2D eigenvalue weighted by Crippen LogP contribution is -2.36. The smallest absolute Gasteiger partial charge is 0.295 e. The molecule has 2 aromatic rings. The Bertz CT molecular complexity index is 1070. The zero-order valence-electron chi connectivity index (χ0n) is 19.1. The summed E-state index contributed by atoms with van der Waals surface area (Å²) < 4.78 is 5.76. The first-order valence-corrected chi connectivity index (χ1v) is 11.0. The van der Waals surface area contributed by atoms with E-state index < -0.39 is 17.7 Å². The van der Waals surface area contributed by atoms with E-state index in [4.69, 9.17) is 4.74 Å². The van der Waals surface area contributed by atoms with Crippen LogP contribution in [-0.2, 0) is 14.3 Å². The van der Waals surface area contributed by atoms with Gasteiger partial charge in [0.1, 0.15) is 5.76 Å². The van der Waals surface area contributed by atoms with Crippen molar-refractivity contribution in [1.29, 1.82) is 0 Å². The van der Waals surface area contributed by atoms with Crippen molar-refractivity contribution in [2.75, 3.05) is 32.1 Å². The molecular formula is C26H30N2O4. The lowest BCUT2D eigenvalue weighted by Gasteiger charge is -2.28. The number of anilines is 1. The molecule has 0 spiro atoms. The molecule has 0 saturated carbocycles. The molecule has 0 aromatic heterocycles. The zero-order valence-corrected chi connectivity index (χ0v) is 19.1.